The summed E-state index contributed by atoms with van der Waals surface area (Å²) >= 11 is 0. The maximum atomic E-state index is 6.01. The molecule has 3 rings (SSSR count). The number of hydrogen-bond donors (Lipinski definition) is 1. The predicted molar refractivity (Wildman–Crippen MR) is 77.9 cm³/mol. The number of aliphatic imine (C=N–C) groups is 1. The summed E-state index contributed by atoms with van der Waals surface area (Å²) in [5.74, 6) is 0.621. The van der Waals surface area contributed by atoms with Gasteiger partial charge in [-0.2, -0.15) is 0 Å². The lowest BCUT2D eigenvalue weighted by Gasteiger charge is -2.16. The van der Waals surface area contributed by atoms with Crippen LogP contribution in [0.1, 0.15) is 18.4 Å². The summed E-state index contributed by atoms with van der Waals surface area (Å²) < 4.78 is 0. The lowest BCUT2D eigenvalue weighted by atomic mass is 10.1. The fourth-order valence-electron chi connectivity index (χ4n) is 2.22. The molecular formula is C15H18N4. The van der Waals surface area contributed by atoms with Crippen LogP contribution in [0.2, 0.25) is 0 Å². The number of benzene rings is 1. The van der Waals surface area contributed by atoms with E-state index in [0.29, 0.717) is 18.5 Å². The van der Waals surface area contributed by atoms with Crippen LogP contribution in [-0.4, -0.2) is 28.9 Å². The van der Waals surface area contributed by atoms with Crippen molar-refractivity contribution in [2.75, 3.05) is 7.05 Å². The van der Waals surface area contributed by atoms with E-state index in [1.165, 1.54) is 12.8 Å². The summed E-state index contributed by atoms with van der Waals surface area (Å²) in [4.78, 5) is 11.0. The maximum Gasteiger partial charge on any atom is 0.191 e. The van der Waals surface area contributed by atoms with Crippen LogP contribution in [0.4, 0.5) is 0 Å². The molecule has 1 aromatic carbocycles. The highest BCUT2D eigenvalue weighted by Crippen LogP contribution is 2.25. The average molecular weight is 254 g/mol. The van der Waals surface area contributed by atoms with E-state index in [0.717, 1.165) is 16.5 Å². The molecule has 0 amide bonds. The first-order chi connectivity index (χ1) is 9.25. The molecule has 1 heterocycles. The summed E-state index contributed by atoms with van der Waals surface area (Å²) in [5.41, 5.74) is 8.13. The molecule has 0 atom stereocenters. The summed E-state index contributed by atoms with van der Waals surface area (Å²) in [6.45, 7) is 0.581. The van der Waals surface area contributed by atoms with Gasteiger partial charge in [0.1, 0.15) is 0 Å². The van der Waals surface area contributed by atoms with Crippen molar-refractivity contribution >= 4 is 16.9 Å². The molecule has 0 bridgehead atoms. The van der Waals surface area contributed by atoms with Gasteiger partial charge in [-0.1, -0.05) is 24.3 Å². The van der Waals surface area contributed by atoms with Gasteiger partial charge in [-0.25, -0.2) is 4.99 Å². The van der Waals surface area contributed by atoms with Crippen LogP contribution < -0.4 is 5.73 Å². The minimum Gasteiger partial charge on any atom is -0.370 e. The minimum absolute atomic E-state index is 0.581. The molecule has 0 spiro atoms. The molecule has 1 aliphatic rings. The third kappa shape index (κ3) is 2.52. The van der Waals surface area contributed by atoms with E-state index in [1.807, 2.05) is 25.4 Å². The zero-order chi connectivity index (χ0) is 13.2. The number of nitrogens with zero attached hydrogens (tertiary/aromatic N) is 3. The molecule has 19 heavy (non-hydrogen) atoms. The highest BCUT2D eigenvalue weighted by atomic mass is 15.3. The number of guanidine groups is 1. The molecule has 1 fully saturated rings. The van der Waals surface area contributed by atoms with E-state index < -0.39 is 0 Å². The van der Waals surface area contributed by atoms with Crippen LogP contribution in [0.15, 0.2) is 41.5 Å². The molecule has 1 aromatic heterocycles. The first-order valence-electron chi connectivity index (χ1n) is 6.61. The molecule has 0 saturated heterocycles. The van der Waals surface area contributed by atoms with Crippen molar-refractivity contribution in [3.05, 3.63) is 42.1 Å². The first kappa shape index (κ1) is 12.0. The number of para-hydroxylation sites is 1. The van der Waals surface area contributed by atoms with E-state index in [9.17, 15) is 0 Å². The van der Waals surface area contributed by atoms with Crippen molar-refractivity contribution in [3.63, 3.8) is 0 Å². The summed E-state index contributed by atoms with van der Waals surface area (Å²) in [5, 5.41) is 1.14. The van der Waals surface area contributed by atoms with Gasteiger partial charge in [0.25, 0.3) is 0 Å². The fraction of sp³-hybridized carbons (Fsp3) is 0.333. The Morgan fingerprint density at radius 3 is 2.95 bits per heavy atom. The highest BCUT2D eigenvalue weighted by molar-refractivity contribution is 5.82. The van der Waals surface area contributed by atoms with E-state index >= 15 is 0 Å². The zero-order valence-corrected chi connectivity index (χ0v) is 11.1. The monoisotopic (exact) mass is 254 g/mol. The van der Waals surface area contributed by atoms with Gasteiger partial charge in [0, 0.05) is 24.7 Å². The van der Waals surface area contributed by atoms with Crippen LogP contribution in [0.25, 0.3) is 10.9 Å². The lowest BCUT2D eigenvalue weighted by Crippen LogP contribution is -2.35. The molecule has 0 aliphatic heterocycles. The van der Waals surface area contributed by atoms with Crippen molar-refractivity contribution in [1.29, 1.82) is 0 Å². The lowest BCUT2D eigenvalue weighted by molar-refractivity contribution is 0.487. The van der Waals surface area contributed by atoms with Gasteiger partial charge >= 0.3 is 0 Å². The number of nitrogens with two attached hydrogens (primary N) is 1. The van der Waals surface area contributed by atoms with Crippen LogP contribution >= 0.6 is 0 Å². The molecular weight excluding hydrogens is 236 g/mol. The number of fused-ring (bicyclic) bond motifs is 1. The minimum atomic E-state index is 0.581. The third-order valence-electron chi connectivity index (χ3n) is 3.58. The van der Waals surface area contributed by atoms with Crippen molar-refractivity contribution < 1.29 is 0 Å². The molecule has 0 radical (unpaired) electrons. The Morgan fingerprint density at radius 1 is 1.37 bits per heavy atom. The molecule has 2 aromatic rings. The second-order valence-electron chi connectivity index (χ2n) is 5.01. The molecule has 98 valence electrons. The number of rotatable bonds is 3. The van der Waals surface area contributed by atoms with Crippen molar-refractivity contribution in [1.82, 2.24) is 9.88 Å². The third-order valence-corrected chi connectivity index (χ3v) is 3.58. The quantitative estimate of drug-likeness (QED) is 0.674. The standard InChI is InChI=1S/C15H18N4/c1-19(13-7-8-13)15(16)18-10-12-5-2-4-11-6-3-9-17-14(11)12/h2-6,9,13H,7-8,10H2,1H3,(H2,16,18). The van der Waals surface area contributed by atoms with Crippen molar-refractivity contribution in [2.24, 2.45) is 10.7 Å². The van der Waals surface area contributed by atoms with Crippen LogP contribution in [0, 0.1) is 0 Å². The van der Waals surface area contributed by atoms with Crippen molar-refractivity contribution in [2.45, 2.75) is 25.4 Å². The van der Waals surface area contributed by atoms with E-state index in [4.69, 9.17) is 5.73 Å². The molecule has 4 heteroatoms. The van der Waals surface area contributed by atoms with Crippen molar-refractivity contribution in [3.8, 4) is 0 Å². The zero-order valence-electron chi connectivity index (χ0n) is 11.1. The highest BCUT2D eigenvalue weighted by Gasteiger charge is 2.27. The Hall–Kier alpha value is -2.10. The molecule has 2 N–H and O–H groups in total. The number of pyridine rings is 1. The average Bonchev–Trinajstić information content (AvgIpc) is 3.28. The Morgan fingerprint density at radius 2 is 2.16 bits per heavy atom. The Balaban J connectivity index is 1.83. The van der Waals surface area contributed by atoms with E-state index in [1.54, 1.807) is 0 Å². The van der Waals surface area contributed by atoms with Gasteiger partial charge in [-0.3, -0.25) is 4.98 Å². The van der Waals surface area contributed by atoms with E-state index in [2.05, 4.69) is 33.1 Å². The van der Waals surface area contributed by atoms with Crippen LogP contribution in [0.3, 0.4) is 0 Å². The molecule has 4 nitrogen and oxygen atoms in total. The second kappa shape index (κ2) is 4.88. The van der Waals surface area contributed by atoms with Gasteiger partial charge in [-0.15, -0.1) is 0 Å². The van der Waals surface area contributed by atoms with Crippen LogP contribution in [-0.2, 0) is 6.54 Å². The molecule has 1 saturated carbocycles. The Kier molecular flexibility index (Phi) is 3.07. The van der Waals surface area contributed by atoms with E-state index in [-0.39, 0.29) is 0 Å². The second-order valence-corrected chi connectivity index (χ2v) is 5.01. The van der Waals surface area contributed by atoms with Gasteiger partial charge in [-0.05, 0) is 24.5 Å². The summed E-state index contributed by atoms with van der Waals surface area (Å²) in [6.07, 6.45) is 4.26. The first-order valence-corrected chi connectivity index (χ1v) is 6.61. The van der Waals surface area contributed by atoms with Gasteiger partial charge in [0.2, 0.25) is 0 Å². The molecule has 1 aliphatic carbocycles. The number of aromatic nitrogens is 1. The van der Waals surface area contributed by atoms with Crippen LogP contribution in [0.5, 0.6) is 0 Å². The summed E-state index contributed by atoms with van der Waals surface area (Å²) in [7, 11) is 2.01. The number of hydrogen-bond acceptors (Lipinski definition) is 2. The predicted octanol–water partition coefficient (Wildman–Crippen LogP) is 2.14. The summed E-state index contributed by atoms with van der Waals surface area (Å²) in [6, 6.07) is 10.8. The Bertz CT molecular complexity index is 611. The molecule has 0 unspecified atom stereocenters. The van der Waals surface area contributed by atoms with Gasteiger partial charge in [0.15, 0.2) is 5.96 Å². The van der Waals surface area contributed by atoms with Gasteiger partial charge in [0.05, 0.1) is 12.1 Å². The normalized spacial score (nSPS) is 15.7. The maximum absolute atomic E-state index is 6.01. The SMILES string of the molecule is CN(C(N)=NCc1cccc2cccnc12)C1CC1. The van der Waals surface area contributed by atoms with Gasteiger partial charge < -0.3 is 10.6 Å². The topological polar surface area (TPSA) is 54.5 Å². The smallest absolute Gasteiger partial charge is 0.191 e. The Labute approximate surface area is 113 Å². The fourth-order valence-corrected chi connectivity index (χ4v) is 2.22. The largest absolute Gasteiger partial charge is 0.370 e.